The molecule has 4 rings (SSSR count). The van der Waals surface area contributed by atoms with Gasteiger partial charge in [0.15, 0.2) is 0 Å². The highest BCUT2D eigenvalue weighted by atomic mass is 16.2. The standard InChI is InChI=1S/C9H7NO2.C9H9N/c1-10-8(11)6-4-2-3-5-7(6)9(10)12;1-10-6-8-4-2-3-5-9(8)7-10/h2-5H,1H3;2-7H,1H3. The summed E-state index contributed by atoms with van der Waals surface area (Å²) in [6.45, 7) is 0. The number of imide groups is 1. The van der Waals surface area contributed by atoms with Crippen molar-refractivity contribution in [2.75, 3.05) is 7.05 Å². The maximum Gasteiger partial charge on any atom is 0.261 e. The number of carbonyl (C=O) groups is 2. The van der Waals surface area contributed by atoms with E-state index in [2.05, 4.69) is 41.2 Å². The molecule has 0 unspecified atom stereocenters. The van der Waals surface area contributed by atoms with Gasteiger partial charge in [-0.3, -0.25) is 14.5 Å². The largest absolute Gasteiger partial charge is 0.356 e. The summed E-state index contributed by atoms with van der Waals surface area (Å²) in [7, 11) is 3.53. The first-order valence-corrected chi connectivity index (χ1v) is 7.00. The van der Waals surface area contributed by atoms with Gasteiger partial charge in [0.05, 0.1) is 11.1 Å². The summed E-state index contributed by atoms with van der Waals surface area (Å²) in [5.41, 5.74) is 1.01. The lowest BCUT2D eigenvalue weighted by Crippen LogP contribution is -2.24. The van der Waals surface area contributed by atoms with Gasteiger partial charge in [-0.1, -0.05) is 36.4 Å². The van der Waals surface area contributed by atoms with Gasteiger partial charge >= 0.3 is 0 Å². The molecular weight excluding hydrogens is 276 g/mol. The first kappa shape index (κ1) is 14.1. The molecule has 22 heavy (non-hydrogen) atoms. The molecule has 0 spiro atoms. The minimum atomic E-state index is -0.212. The molecule has 0 radical (unpaired) electrons. The molecule has 3 aromatic rings. The third kappa shape index (κ3) is 2.39. The topological polar surface area (TPSA) is 42.3 Å². The van der Waals surface area contributed by atoms with E-state index in [4.69, 9.17) is 0 Å². The zero-order valence-corrected chi connectivity index (χ0v) is 12.5. The van der Waals surface area contributed by atoms with Crippen LogP contribution in [0.15, 0.2) is 60.9 Å². The molecule has 2 amide bonds. The molecule has 110 valence electrons. The summed E-state index contributed by atoms with van der Waals surface area (Å²) >= 11 is 0. The summed E-state index contributed by atoms with van der Waals surface area (Å²) in [6.07, 6.45) is 4.24. The number of fused-ring (bicyclic) bond motifs is 2. The highest BCUT2D eigenvalue weighted by Gasteiger charge is 2.31. The van der Waals surface area contributed by atoms with Crippen LogP contribution in [0.25, 0.3) is 10.8 Å². The van der Waals surface area contributed by atoms with Crippen LogP contribution >= 0.6 is 0 Å². The predicted octanol–water partition coefficient (Wildman–Crippen LogP) is 3.09. The molecule has 1 aliphatic rings. The molecule has 4 heteroatoms. The van der Waals surface area contributed by atoms with Crippen molar-refractivity contribution in [2.24, 2.45) is 7.05 Å². The summed E-state index contributed by atoms with van der Waals surface area (Å²) in [4.78, 5) is 23.8. The van der Waals surface area contributed by atoms with Gasteiger partial charge in [-0.15, -0.1) is 0 Å². The Balaban J connectivity index is 0.000000133. The summed E-state index contributed by atoms with van der Waals surface area (Å²) in [5, 5.41) is 2.62. The van der Waals surface area contributed by atoms with Gasteiger partial charge in [0.2, 0.25) is 0 Å². The second-order valence-corrected chi connectivity index (χ2v) is 5.27. The van der Waals surface area contributed by atoms with Gasteiger partial charge in [-0.05, 0) is 22.9 Å². The second-order valence-electron chi connectivity index (χ2n) is 5.27. The average molecular weight is 292 g/mol. The van der Waals surface area contributed by atoms with E-state index >= 15 is 0 Å². The van der Waals surface area contributed by atoms with Crippen LogP contribution in [0, 0.1) is 0 Å². The van der Waals surface area contributed by atoms with Crippen LogP contribution in [0.2, 0.25) is 0 Å². The Kier molecular flexibility index (Phi) is 3.51. The Morgan fingerprint density at radius 3 is 1.55 bits per heavy atom. The first-order chi connectivity index (χ1) is 10.6. The molecule has 0 N–H and O–H groups in total. The van der Waals surface area contributed by atoms with E-state index in [1.165, 1.54) is 17.8 Å². The molecule has 1 aliphatic heterocycles. The number of aryl methyl sites for hydroxylation is 1. The van der Waals surface area contributed by atoms with E-state index in [-0.39, 0.29) is 11.8 Å². The van der Waals surface area contributed by atoms with Crippen LogP contribution in [0.3, 0.4) is 0 Å². The van der Waals surface area contributed by atoms with Crippen molar-refractivity contribution < 1.29 is 9.59 Å². The van der Waals surface area contributed by atoms with Crippen LogP contribution in [-0.2, 0) is 7.05 Å². The smallest absolute Gasteiger partial charge is 0.261 e. The SMILES string of the molecule is CN1C(=O)c2ccccc2C1=O.Cn1cc2ccccc2c1. The molecule has 0 fully saturated rings. The lowest BCUT2D eigenvalue weighted by Gasteiger charge is -2.02. The molecule has 0 saturated carbocycles. The van der Waals surface area contributed by atoms with Gasteiger partial charge in [0, 0.05) is 26.5 Å². The highest BCUT2D eigenvalue weighted by molar-refractivity contribution is 6.21. The minimum Gasteiger partial charge on any atom is -0.356 e. The lowest BCUT2D eigenvalue weighted by molar-refractivity contribution is 0.0693. The summed E-state index contributed by atoms with van der Waals surface area (Å²) < 4.78 is 2.07. The van der Waals surface area contributed by atoms with Crippen LogP contribution < -0.4 is 0 Å². The minimum absolute atomic E-state index is 0.212. The van der Waals surface area contributed by atoms with Gasteiger partial charge in [-0.2, -0.15) is 0 Å². The Labute approximate surface area is 128 Å². The van der Waals surface area contributed by atoms with E-state index in [1.54, 1.807) is 24.3 Å². The maximum atomic E-state index is 11.3. The van der Waals surface area contributed by atoms with Crippen LogP contribution in [-0.4, -0.2) is 28.3 Å². The molecular formula is C18H16N2O2. The number of rotatable bonds is 0. The second kappa shape index (κ2) is 5.48. The Hall–Kier alpha value is -2.88. The summed E-state index contributed by atoms with van der Waals surface area (Å²) in [5.74, 6) is -0.425. The number of benzene rings is 2. The molecule has 2 aromatic carbocycles. The van der Waals surface area contributed by atoms with E-state index in [0.29, 0.717) is 11.1 Å². The third-order valence-corrected chi connectivity index (χ3v) is 3.68. The van der Waals surface area contributed by atoms with Gasteiger partial charge in [-0.25, -0.2) is 0 Å². The molecule has 1 aromatic heterocycles. The lowest BCUT2D eigenvalue weighted by atomic mass is 10.1. The zero-order valence-electron chi connectivity index (χ0n) is 12.5. The molecule has 2 heterocycles. The van der Waals surface area contributed by atoms with Gasteiger partial charge < -0.3 is 4.57 Å². The normalized spacial score (nSPS) is 13.1. The molecule has 0 bridgehead atoms. The fourth-order valence-electron chi connectivity index (χ4n) is 2.53. The zero-order chi connectivity index (χ0) is 15.7. The summed E-state index contributed by atoms with van der Waals surface area (Å²) in [6, 6.07) is 15.2. The molecule has 4 nitrogen and oxygen atoms in total. The number of amides is 2. The molecule has 0 aliphatic carbocycles. The number of nitrogens with zero attached hydrogens (tertiary/aromatic N) is 2. The Morgan fingerprint density at radius 2 is 1.09 bits per heavy atom. The van der Waals surface area contributed by atoms with Crippen molar-refractivity contribution in [3.63, 3.8) is 0 Å². The van der Waals surface area contributed by atoms with Gasteiger partial charge in [0.25, 0.3) is 11.8 Å². The van der Waals surface area contributed by atoms with Crippen LogP contribution in [0.1, 0.15) is 20.7 Å². The highest BCUT2D eigenvalue weighted by Crippen LogP contribution is 2.20. The fourth-order valence-corrected chi connectivity index (χ4v) is 2.53. The number of carbonyl (C=O) groups excluding carboxylic acids is 2. The monoisotopic (exact) mass is 292 g/mol. The van der Waals surface area contributed by atoms with E-state index < -0.39 is 0 Å². The average Bonchev–Trinajstić information content (AvgIpc) is 3.02. The number of hydrogen-bond acceptors (Lipinski definition) is 2. The van der Waals surface area contributed by atoms with Crippen LogP contribution in [0.5, 0.6) is 0 Å². The van der Waals surface area contributed by atoms with Crippen molar-refractivity contribution in [2.45, 2.75) is 0 Å². The van der Waals surface area contributed by atoms with Crippen LogP contribution in [0.4, 0.5) is 0 Å². The van der Waals surface area contributed by atoms with Gasteiger partial charge in [0.1, 0.15) is 0 Å². The van der Waals surface area contributed by atoms with E-state index in [1.807, 2.05) is 7.05 Å². The Morgan fingerprint density at radius 1 is 0.682 bits per heavy atom. The quantitative estimate of drug-likeness (QED) is 0.598. The third-order valence-electron chi connectivity index (χ3n) is 3.68. The van der Waals surface area contributed by atoms with E-state index in [0.717, 1.165) is 4.90 Å². The first-order valence-electron chi connectivity index (χ1n) is 7.00. The fraction of sp³-hybridized carbons (Fsp3) is 0.111. The predicted molar refractivity (Wildman–Crippen MR) is 85.8 cm³/mol. The van der Waals surface area contributed by atoms with Crippen molar-refractivity contribution in [3.05, 3.63) is 72.1 Å². The van der Waals surface area contributed by atoms with E-state index in [9.17, 15) is 9.59 Å². The molecule has 0 saturated heterocycles. The number of hydrogen-bond donors (Lipinski definition) is 0. The Bertz CT molecular complexity index is 796. The van der Waals surface area contributed by atoms with Crippen molar-refractivity contribution in [1.29, 1.82) is 0 Å². The maximum absolute atomic E-state index is 11.3. The van der Waals surface area contributed by atoms with Crippen molar-refractivity contribution in [1.82, 2.24) is 9.47 Å². The number of aromatic nitrogens is 1. The molecule has 0 atom stereocenters. The van der Waals surface area contributed by atoms with Crippen molar-refractivity contribution in [3.8, 4) is 0 Å². The van der Waals surface area contributed by atoms with Crippen molar-refractivity contribution >= 4 is 22.6 Å².